The molecule has 1 aliphatic rings. The molecular weight excluding hydrogens is 316 g/mol. The Morgan fingerprint density at radius 1 is 1.08 bits per heavy atom. The van der Waals surface area contributed by atoms with Crippen molar-refractivity contribution in [3.05, 3.63) is 64.2 Å². The zero-order chi connectivity index (χ0) is 17.8. The zero-order valence-electron chi connectivity index (χ0n) is 14.7. The summed E-state index contributed by atoms with van der Waals surface area (Å²) in [7, 11) is 2.11. The summed E-state index contributed by atoms with van der Waals surface area (Å²) in [5, 5.41) is 14.7. The molecule has 25 heavy (non-hydrogen) atoms. The Kier molecular flexibility index (Phi) is 5.19. The number of nitrogens with zero attached hydrogens (tertiary/aromatic N) is 3. The number of rotatable bonds is 5. The van der Waals surface area contributed by atoms with Crippen LogP contribution in [0, 0.1) is 10.1 Å². The number of nitro benzene ring substituents is 1. The minimum Gasteiger partial charge on any atom is -0.373 e. The number of likely N-dealkylation sites (N-methyl/N-ethyl adjacent to an activating group) is 1. The lowest BCUT2D eigenvalue weighted by Gasteiger charge is -2.34. The first-order valence-corrected chi connectivity index (χ1v) is 8.58. The number of benzene rings is 2. The predicted octanol–water partition coefficient (Wildman–Crippen LogP) is 3.52. The topological polar surface area (TPSA) is 61.6 Å². The van der Waals surface area contributed by atoms with Crippen LogP contribution in [0.4, 0.5) is 17.1 Å². The molecule has 2 aromatic rings. The maximum atomic E-state index is 11.4. The van der Waals surface area contributed by atoms with Crippen molar-refractivity contribution in [1.82, 2.24) is 4.90 Å². The molecule has 1 atom stereocenters. The summed E-state index contributed by atoms with van der Waals surface area (Å²) >= 11 is 0. The van der Waals surface area contributed by atoms with E-state index in [1.54, 1.807) is 6.07 Å². The van der Waals surface area contributed by atoms with Crippen LogP contribution in [0.3, 0.4) is 0 Å². The molecule has 3 rings (SSSR count). The average molecular weight is 340 g/mol. The summed E-state index contributed by atoms with van der Waals surface area (Å²) in [6.07, 6.45) is 0. The van der Waals surface area contributed by atoms with E-state index in [1.807, 2.05) is 49.4 Å². The Bertz CT molecular complexity index is 727. The second-order valence-electron chi connectivity index (χ2n) is 6.53. The fourth-order valence-electron chi connectivity index (χ4n) is 3.12. The molecule has 1 saturated heterocycles. The van der Waals surface area contributed by atoms with Crippen molar-refractivity contribution < 1.29 is 4.92 Å². The average Bonchev–Trinajstić information content (AvgIpc) is 2.63. The van der Waals surface area contributed by atoms with E-state index in [-0.39, 0.29) is 16.7 Å². The van der Waals surface area contributed by atoms with Crippen LogP contribution in [0.1, 0.15) is 18.5 Å². The van der Waals surface area contributed by atoms with Crippen LogP contribution in [0.25, 0.3) is 0 Å². The molecule has 0 amide bonds. The van der Waals surface area contributed by atoms with Crippen molar-refractivity contribution in [3.8, 4) is 0 Å². The fraction of sp³-hybridized carbons (Fsp3) is 0.368. The third-order valence-corrected chi connectivity index (χ3v) is 4.72. The van der Waals surface area contributed by atoms with Gasteiger partial charge < -0.3 is 15.1 Å². The first-order chi connectivity index (χ1) is 12.0. The normalized spacial score (nSPS) is 16.5. The van der Waals surface area contributed by atoms with Crippen molar-refractivity contribution >= 4 is 17.1 Å². The molecule has 1 N–H and O–H groups in total. The summed E-state index contributed by atoms with van der Waals surface area (Å²) in [5.74, 6) is 0. The van der Waals surface area contributed by atoms with Crippen LogP contribution >= 0.6 is 0 Å². The SMILES string of the molecule is C[C@H](Nc1cc(N2CCN(C)CC2)ccc1[N+](=O)[O-])c1ccccc1. The van der Waals surface area contributed by atoms with Gasteiger partial charge in [0, 0.05) is 44.0 Å². The van der Waals surface area contributed by atoms with Crippen LogP contribution in [0.15, 0.2) is 48.5 Å². The first-order valence-electron chi connectivity index (χ1n) is 8.58. The van der Waals surface area contributed by atoms with Gasteiger partial charge in [0.15, 0.2) is 0 Å². The number of nitro groups is 1. The molecule has 132 valence electrons. The van der Waals surface area contributed by atoms with E-state index in [0.29, 0.717) is 5.69 Å². The van der Waals surface area contributed by atoms with Gasteiger partial charge in [-0.15, -0.1) is 0 Å². The van der Waals surface area contributed by atoms with E-state index in [1.165, 1.54) is 0 Å². The van der Waals surface area contributed by atoms with E-state index in [2.05, 4.69) is 22.2 Å². The van der Waals surface area contributed by atoms with Crippen molar-refractivity contribution in [2.75, 3.05) is 43.4 Å². The van der Waals surface area contributed by atoms with Gasteiger partial charge in [0.05, 0.1) is 4.92 Å². The highest BCUT2D eigenvalue weighted by atomic mass is 16.6. The van der Waals surface area contributed by atoms with Crippen LogP contribution < -0.4 is 10.2 Å². The lowest BCUT2D eigenvalue weighted by molar-refractivity contribution is -0.384. The largest absolute Gasteiger partial charge is 0.373 e. The van der Waals surface area contributed by atoms with Gasteiger partial charge in [0.25, 0.3) is 5.69 Å². The molecular formula is C19H24N4O2. The molecule has 6 nitrogen and oxygen atoms in total. The minimum atomic E-state index is -0.326. The number of anilines is 2. The summed E-state index contributed by atoms with van der Waals surface area (Å²) in [4.78, 5) is 15.7. The number of nitrogens with one attached hydrogen (secondary N) is 1. The Morgan fingerprint density at radius 3 is 2.40 bits per heavy atom. The predicted molar refractivity (Wildman–Crippen MR) is 101 cm³/mol. The lowest BCUT2D eigenvalue weighted by Crippen LogP contribution is -2.44. The van der Waals surface area contributed by atoms with Crippen molar-refractivity contribution in [2.24, 2.45) is 0 Å². The van der Waals surface area contributed by atoms with E-state index in [9.17, 15) is 10.1 Å². The fourth-order valence-corrected chi connectivity index (χ4v) is 3.12. The summed E-state index contributed by atoms with van der Waals surface area (Å²) in [6.45, 7) is 5.88. The second kappa shape index (κ2) is 7.53. The number of hydrogen-bond acceptors (Lipinski definition) is 5. The van der Waals surface area contributed by atoms with E-state index >= 15 is 0 Å². The molecule has 0 saturated carbocycles. The molecule has 0 aliphatic carbocycles. The maximum Gasteiger partial charge on any atom is 0.292 e. The van der Waals surface area contributed by atoms with Crippen LogP contribution in [-0.4, -0.2) is 43.0 Å². The van der Waals surface area contributed by atoms with Gasteiger partial charge in [-0.3, -0.25) is 10.1 Å². The van der Waals surface area contributed by atoms with Gasteiger partial charge >= 0.3 is 0 Å². The summed E-state index contributed by atoms with van der Waals surface area (Å²) in [6, 6.07) is 15.3. The first kappa shape index (κ1) is 17.2. The van der Waals surface area contributed by atoms with Crippen LogP contribution in [-0.2, 0) is 0 Å². The van der Waals surface area contributed by atoms with E-state index in [4.69, 9.17) is 0 Å². The van der Waals surface area contributed by atoms with Gasteiger partial charge in [0.2, 0.25) is 0 Å². The molecule has 1 heterocycles. The van der Waals surface area contributed by atoms with Gasteiger partial charge in [-0.25, -0.2) is 0 Å². The highest BCUT2D eigenvalue weighted by molar-refractivity contribution is 5.69. The highest BCUT2D eigenvalue weighted by Gasteiger charge is 2.20. The third-order valence-electron chi connectivity index (χ3n) is 4.72. The zero-order valence-corrected chi connectivity index (χ0v) is 14.7. The maximum absolute atomic E-state index is 11.4. The van der Waals surface area contributed by atoms with Crippen LogP contribution in [0.5, 0.6) is 0 Å². The van der Waals surface area contributed by atoms with Gasteiger partial charge in [-0.1, -0.05) is 30.3 Å². The van der Waals surface area contributed by atoms with E-state index < -0.39 is 0 Å². The third kappa shape index (κ3) is 4.09. The lowest BCUT2D eigenvalue weighted by atomic mass is 10.1. The Labute approximate surface area is 148 Å². The highest BCUT2D eigenvalue weighted by Crippen LogP contribution is 2.32. The molecule has 1 fully saturated rings. The smallest absolute Gasteiger partial charge is 0.292 e. The molecule has 0 unspecified atom stereocenters. The Morgan fingerprint density at radius 2 is 1.76 bits per heavy atom. The van der Waals surface area contributed by atoms with Crippen molar-refractivity contribution in [3.63, 3.8) is 0 Å². The molecule has 1 aliphatic heterocycles. The molecule has 0 bridgehead atoms. The van der Waals surface area contributed by atoms with Crippen molar-refractivity contribution in [1.29, 1.82) is 0 Å². The standard InChI is InChI=1S/C19H24N4O2/c1-15(16-6-4-3-5-7-16)20-18-14-17(8-9-19(18)23(24)25)22-12-10-21(2)11-13-22/h3-9,14-15,20H,10-13H2,1-2H3/t15-/m0/s1. The molecule has 0 radical (unpaired) electrons. The summed E-state index contributed by atoms with van der Waals surface area (Å²) < 4.78 is 0. The van der Waals surface area contributed by atoms with Crippen LogP contribution in [0.2, 0.25) is 0 Å². The molecule has 6 heteroatoms. The van der Waals surface area contributed by atoms with Gasteiger partial charge in [0.1, 0.15) is 5.69 Å². The quantitative estimate of drug-likeness (QED) is 0.666. The Hall–Kier alpha value is -2.60. The second-order valence-corrected chi connectivity index (χ2v) is 6.53. The molecule has 2 aromatic carbocycles. The summed E-state index contributed by atoms with van der Waals surface area (Å²) in [5.41, 5.74) is 2.81. The minimum absolute atomic E-state index is 0.0114. The monoisotopic (exact) mass is 340 g/mol. The molecule has 0 spiro atoms. The van der Waals surface area contributed by atoms with Gasteiger partial charge in [-0.05, 0) is 31.7 Å². The van der Waals surface area contributed by atoms with E-state index in [0.717, 1.165) is 37.4 Å². The van der Waals surface area contributed by atoms with Gasteiger partial charge in [-0.2, -0.15) is 0 Å². The number of hydrogen-bond donors (Lipinski definition) is 1. The number of piperazine rings is 1. The molecule has 0 aromatic heterocycles. The van der Waals surface area contributed by atoms with Crippen molar-refractivity contribution in [2.45, 2.75) is 13.0 Å². The Balaban J connectivity index is 1.85.